The molecule has 4 nitrogen and oxygen atoms in total. The summed E-state index contributed by atoms with van der Waals surface area (Å²) in [6.45, 7) is 4.71. The number of hydrogen-bond acceptors (Lipinski definition) is 3. The van der Waals surface area contributed by atoms with Crippen LogP contribution < -0.4 is 0 Å². The first-order valence-corrected chi connectivity index (χ1v) is 6.57. The maximum atomic E-state index is 12.1. The lowest BCUT2D eigenvalue weighted by atomic mass is 10.1. The van der Waals surface area contributed by atoms with E-state index in [1.165, 1.54) is 0 Å². The van der Waals surface area contributed by atoms with Gasteiger partial charge in [0, 0.05) is 22.9 Å². The summed E-state index contributed by atoms with van der Waals surface area (Å²) in [7, 11) is 0. The van der Waals surface area contributed by atoms with Gasteiger partial charge in [0.05, 0.1) is 12.1 Å². The summed E-state index contributed by atoms with van der Waals surface area (Å²) in [6, 6.07) is 5.49. The number of carbonyl (C=O) groups excluding carboxylic acids is 1. The summed E-state index contributed by atoms with van der Waals surface area (Å²) in [5.41, 5.74) is 2.35. The highest BCUT2D eigenvalue weighted by Gasteiger charge is 2.12. The van der Waals surface area contributed by atoms with Gasteiger partial charge in [-0.15, -0.1) is 0 Å². The lowest BCUT2D eigenvalue weighted by Gasteiger charge is -2.03. The predicted octanol–water partition coefficient (Wildman–Crippen LogP) is 2.79. The van der Waals surface area contributed by atoms with E-state index in [0.29, 0.717) is 12.1 Å². The Morgan fingerprint density at radius 2 is 2.22 bits per heavy atom. The third-order valence-corrected chi connectivity index (χ3v) is 3.11. The Morgan fingerprint density at radius 3 is 2.83 bits per heavy atom. The molecule has 0 fully saturated rings. The zero-order chi connectivity index (χ0) is 13.1. The van der Waals surface area contributed by atoms with E-state index in [9.17, 15) is 4.79 Å². The summed E-state index contributed by atoms with van der Waals surface area (Å²) in [5, 5.41) is 4.33. The van der Waals surface area contributed by atoms with E-state index < -0.39 is 0 Å². The molecule has 2 heterocycles. The van der Waals surface area contributed by atoms with Crippen LogP contribution in [0.5, 0.6) is 0 Å². The third kappa shape index (κ3) is 2.85. The van der Waals surface area contributed by atoms with Gasteiger partial charge < -0.3 is 0 Å². The average Bonchev–Trinajstić information content (AvgIpc) is 2.70. The van der Waals surface area contributed by atoms with Crippen molar-refractivity contribution >= 4 is 21.7 Å². The second-order valence-electron chi connectivity index (χ2n) is 4.05. The van der Waals surface area contributed by atoms with Gasteiger partial charge in [0.1, 0.15) is 5.69 Å². The van der Waals surface area contributed by atoms with Crippen LogP contribution in [-0.4, -0.2) is 20.5 Å². The Bertz CT molecular complexity index is 560. The van der Waals surface area contributed by atoms with Crippen molar-refractivity contribution in [2.45, 2.75) is 26.8 Å². The molecule has 2 aromatic heterocycles. The summed E-state index contributed by atoms with van der Waals surface area (Å²) >= 11 is 3.30. The Labute approximate surface area is 114 Å². The van der Waals surface area contributed by atoms with Gasteiger partial charge in [-0.25, -0.2) is 0 Å². The summed E-state index contributed by atoms with van der Waals surface area (Å²) < 4.78 is 2.72. The molecule has 0 aliphatic heterocycles. The quantitative estimate of drug-likeness (QED) is 0.816. The van der Waals surface area contributed by atoms with E-state index >= 15 is 0 Å². The van der Waals surface area contributed by atoms with Crippen molar-refractivity contribution in [2.24, 2.45) is 0 Å². The summed E-state index contributed by atoms with van der Waals surface area (Å²) in [5.74, 6) is 0.0112. The Kier molecular flexibility index (Phi) is 3.91. The molecule has 0 saturated heterocycles. The minimum Gasteiger partial charge on any atom is -0.292 e. The standard InChI is InChI=1S/C13H14BrN3O/c1-3-17-11(6-9(2)16-17)7-13(18)12-5-4-10(14)8-15-12/h4-6,8H,3,7H2,1-2H3. The molecule has 2 rings (SSSR count). The first-order valence-electron chi connectivity index (χ1n) is 5.78. The van der Waals surface area contributed by atoms with Gasteiger partial charge >= 0.3 is 0 Å². The van der Waals surface area contributed by atoms with Gasteiger partial charge in [-0.2, -0.15) is 5.10 Å². The monoisotopic (exact) mass is 307 g/mol. The van der Waals surface area contributed by atoms with Crippen LogP contribution in [0.3, 0.4) is 0 Å². The average molecular weight is 308 g/mol. The molecule has 18 heavy (non-hydrogen) atoms. The molecule has 0 aliphatic carbocycles. The summed E-state index contributed by atoms with van der Waals surface area (Å²) in [4.78, 5) is 16.2. The van der Waals surface area contributed by atoms with Crippen molar-refractivity contribution in [1.29, 1.82) is 0 Å². The van der Waals surface area contributed by atoms with E-state index in [1.54, 1.807) is 12.3 Å². The number of aryl methyl sites for hydroxylation is 2. The number of rotatable bonds is 4. The SMILES string of the molecule is CCn1nc(C)cc1CC(=O)c1ccc(Br)cn1. The largest absolute Gasteiger partial charge is 0.292 e. The lowest BCUT2D eigenvalue weighted by molar-refractivity contribution is 0.0986. The fraction of sp³-hybridized carbons (Fsp3) is 0.308. The molecule has 0 atom stereocenters. The third-order valence-electron chi connectivity index (χ3n) is 2.64. The van der Waals surface area contributed by atoms with E-state index in [2.05, 4.69) is 26.0 Å². The van der Waals surface area contributed by atoms with Gasteiger partial charge in [0.25, 0.3) is 0 Å². The van der Waals surface area contributed by atoms with E-state index in [4.69, 9.17) is 0 Å². The molecule has 94 valence electrons. The molecule has 0 N–H and O–H groups in total. The number of halogens is 1. The Morgan fingerprint density at radius 1 is 1.44 bits per heavy atom. The molecule has 0 aliphatic rings. The van der Waals surface area contributed by atoms with Crippen LogP contribution in [0.1, 0.15) is 28.8 Å². The zero-order valence-corrected chi connectivity index (χ0v) is 11.9. The molecule has 0 aromatic carbocycles. The number of carbonyl (C=O) groups is 1. The Hall–Kier alpha value is -1.49. The van der Waals surface area contributed by atoms with Crippen molar-refractivity contribution in [2.75, 3.05) is 0 Å². The van der Waals surface area contributed by atoms with Gasteiger partial charge in [-0.3, -0.25) is 14.5 Å². The topological polar surface area (TPSA) is 47.8 Å². The number of ketones is 1. The highest BCUT2D eigenvalue weighted by Crippen LogP contribution is 2.11. The molecule has 0 spiro atoms. The number of aromatic nitrogens is 3. The van der Waals surface area contributed by atoms with Crippen LogP contribution in [0.2, 0.25) is 0 Å². The zero-order valence-electron chi connectivity index (χ0n) is 10.4. The molecule has 0 amide bonds. The second kappa shape index (κ2) is 5.44. The van der Waals surface area contributed by atoms with Gasteiger partial charge in [0.15, 0.2) is 5.78 Å². The fourth-order valence-electron chi connectivity index (χ4n) is 1.81. The van der Waals surface area contributed by atoms with Crippen LogP contribution in [0.15, 0.2) is 28.9 Å². The van der Waals surface area contributed by atoms with Crippen molar-refractivity contribution < 1.29 is 4.79 Å². The normalized spacial score (nSPS) is 10.6. The van der Waals surface area contributed by atoms with Crippen LogP contribution in [0, 0.1) is 6.92 Å². The van der Waals surface area contributed by atoms with Crippen molar-refractivity contribution in [3.8, 4) is 0 Å². The minimum absolute atomic E-state index is 0.0112. The number of hydrogen-bond donors (Lipinski definition) is 0. The van der Waals surface area contributed by atoms with Crippen molar-refractivity contribution in [1.82, 2.24) is 14.8 Å². The minimum atomic E-state index is 0.0112. The molecule has 0 radical (unpaired) electrons. The van der Waals surface area contributed by atoms with E-state index in [0.717, 1.165) is 22.4 Å². The second-order valence-corrected chi connectivity index (χ2v) is 4.97. The first-order chi connectivity index (χ1) is 8.60. The van der Waals surface area contributed by atoms with Gasteiger partial charge in [-0.05, 0) is 48.0 Å². The van der Waals surface area contributed by atoms with Crippen molar-refractivity contribution in [3.63, 3.8) is 0 Å². The first kappa shape index (κ1) is 13.0. The number of Topliss-reactive ketones (excluding diaryl/α,β-unsaturated/α-hetero) is 1. The van der Waals surface area contributed by atoms with Crippen LogP contribution >= 0.6 is 15.9 Å². The van der Waals surface area contributed by atoms with Gasteiger partial charge in [0.2, 0.25) is 0 Å². The maximum Gasteiger partial charge on any atom is 0.187 e. The van der Waals surface area contributed by atoms with Crippen LogP contribution in [0.25, 0.3) is 0 Å². The van der Waals surface area contributed by atoms with Crippen LogP contribution in [-0.2, 0) is 13.0 Å². The molecule has 0 saturated carbocycles. The van der Waals surface area contributed by atoms with E-state index in [-0.39, 0.29) is 5.78 Å². The lowest BCUT2D eigenvalue weighted by Crippen LogP contribution is -2.10. The van der Waals surface area contributed by atoms with Crippen molar-refractivity contribution in [3.05, 3.63) is 46.0 Å². The molecule has 0 bridgehead atoms. The number of nitrogens with zero attached hydrogens (tertiary/aromatic N) is 3. The molecule has 5 heteroatoms. The molecular formula is C13H14BrN3O. The molecular weight excluding hydrogens is 294 g/mol. The maximum absolute atomic E-state index is 12.1. The predicted molar refractivity (Wildman–Crippen MR) is 72.6 cm³/mol. The Balaban J connectivity index is 2.18. The molecule has 2 aromatic rings. The highest BCUT2D eigenvalue weighted by molar-refractivity contribution is 9.10. The van der Waals surface area contributed by atoms with Crippen LogP contribution in [0.4, 0.5) is 0 Å². The smallest absolute Gasteiger partial charge is 0.187 e. The molecule has 0 unspecified atom stereocenters. The van der Waals surface area contributed by atoms with Gasteiger partial charge in [-0.1, -0.05) is 0 Å². The highest BCUT2D eigenvalue weighted by atomic mass is 79.9. The fourth-order valence-corrected chi connectivity index (χ4v) is 2.05. The number of pyridine rings is 1. The summed E-state index contributed by atoms with van der Waals surface area (Å²) in [6.07, 6.45) is 1.97. The van der Waals surface area contributed by atoms with E-state index in [1.807, 2.05) is 30.7 Å².